The molecule has 0 aliphatic rings. The van der Waals surface area contributed by atoms with E-state index in [4.69, 9.17) is 13.9 Å². The third-order valence-corrected chi connectivity index (χ3v) is 3.54. The van der Waals surface area contributed by atoms with E-state index >= 15 is 0 Å². The highest BCUT2D eigenvalue weighted by atomic mass is 16.4. The van der Waals surface area contributed by atoms with Crippen molar-refractivity contribution in [2.24, 2.45) is 0 Å². The number of carbonyl (C=O) groups is 1. The van der Waals surface area contributed by atoms with E-state index in [1.165, 1.54) is 0 Å². The second-order valence-corrected chi connectivity index (χ2v) is 4.71. The quantitative estimate of drug-likeness (QED) is 0.427. The zero-order chi connectivity index (χ0) is 14.6. The van der Waals surface area contributed by atoms with Gasteiger partial charge in [0.15, 0.2) is 5.58 Å². The highest BCUT2D eigenvalue weighted by Crippen LogP contribution is 2.31. The van der Waals surface area contributed by atoms with Gasteiger partial charge in [-0.15, -0.1) is 0 Å². The molecule has 0 saturated heterocycles. The lowest BCUT2D eigenvalue weighted by molar-refractivity contribution is 0.0697. The van der Waals surface area contributed by atoms with Crippen molar-refractivity contribution in [1.29, 1.82) is 0 Å². The summed E-state index contributed by atoms with van der Waals surface area (Å²) >= 11 is 0. The van der Waals surface area contributed by atoms with E-state index in [9.17, 15) is 9.59 Å². The van der Waals surface area contributed by atoms with Crippen LogP contribution < -0.4 is 5.63 Å². The van der Waals surface area contributed by atoms with Crippen LogP contribution in [0.5, 0.6) is 0 Å². The predicted octanol–water partition coefficient (Wildman–Crippen LogP) is 3.39. The van der Waals surface area contributed by atoms with Gasteiger partial charge in [-0.05, 0) is 11.5 Å². The van der Waals surface area contributed by atoms with Crippen LogP contribution in [0.25, 0.3) is 32.7 Å². The van der Waals surface area contributed by atoms with Crippen molar-refractivity contribution in [3.8, 4) is 0 Å². The summed E-state index contributed by atoms with van der Waals surface area (Å²) in [6, 6.07) is 11.1. The van der Waals surface area contributed by atoms with Gasteiger partial charge in [0, 0.05) is 5.39 Å². The van der Waals surface area contributed by atoms with Crippen molar-refractivity contribution in [3.63, 3.8) is 0 Å². The molecule has 21 heavy (non-hydrogen) atoms. The summed E-state index contributed by atoms with van der Waals surface area (Å²) < 4.78 is 10.7. The molecule has 0 aliphatic heterocycles. The van der Waals surface area contributed by atoms with Gasteiger partial charge in [0.05, 0.1) is 5.39 Å². The van der Waals surface area contributed by atoms with Crippen LogP contribution in [0.3, 0.4) is 0 Å². The zero-order valence-electron chi connectivity index (χ0n) is 10.6. The first-order valence-electron chi connectivity index (χ1n) is 6.26. The molecule has 0 unspecified atom stereocenters. The second-order valence-electron chi connectivity index (χ2n) is 4.71. The Morgan fingerprint density at radius 2 is 1.81 bits per heavy atom. The van der Waals surface area contributed by atoms with Gasteiger partial charge in [0.25, 0.3) is 0 Å². The SMILES string of the molecule is O=C(O)c1coc2c1c(=O)oc1c3ccccc3ccc21. The third-order valence-electron chi connectivity index (χ3n) is 3.54. The fourth-order valence-corrected chi connectivity index (χ4v) is 2.59. The molecule has 0 spiro atoms. The van der Waals surface area contributed by atoms with Crippen LogP contribution in [0.1, 0.15) is 10.4 Å². The van der Waals surface area contributed by atoms with E-state index in [-0.39, 0.29) is 16.5 Å². The van der Waals surface area contributed by atoms with E-state index in [0.717, 1.165) is 17.0 Å². The Labute approximate surface area is 117 Å². The Balaban J connectivity index is 2.29. The summed E-state index contributed by atoms with van der Waals surface area (Å²) in [4.78, 5) is 23.3. The van der Waals surface area contributed by atoms with Crippen molar-refractivity contribution in [3.05, 3.63) is 58.6 Å². The van der Waals surface area contributed by atoms with Crippen molar-refractivity contribution in [2.75, 3.05) is 0 Å². The van der Waals surface area contributed by atoms with Gasteiger partial charge in [-0.25, -0.2) is 9.59 Å². The minimum Gasteiger partial charge on any atom is -0.478 e. The largest absolute Gasteiger partial charge is 0.478 e. The number of aromatic carboxylic acids is 1. The van der Waals surface area contributed by atoms with Gasteiger partial charge in [-0.2, -0.15) is 0 Å². The molecule has 102 valence electrons. The molecule has 0 bridgehead atoms. The summed E-state index contributed by atoms with van der Waals surface area (Å²) in [6.07, 6.45) is 1.07. The second kappa shape index (κ2) is 3.96. The summed E-state index contributed by atoms with van der Waals surface area (Å²) in [5, 5.41) is 11.4. The Kier molecular flexibility index (Phi) is 2.21. The predicted molar refractivity (Wildman–Crippen MR) is 76.7 cm³/mol. The maximum Gasteiger partial charge on any atom is 0.348 e. The molecule has 0 radical (unpaired) electrons. The van der Waals surface area contributed by atoms with E-state index in [2.05, 4.69) is 0 Å². The molecular weight excluding hydrogens is 272 g/mol. The molecule has 2 aromatic heterocycles. The van der Waals surface area contributed by atoms with Crippen LogP contribution in [0.4, 0.5) is 0 Å². The molecule has 4 rings (SSSR count). The van der Waals surface area contributed by atoms with Gasteiger partial charge >= 0.3 is 11.6 Å². The number of carboxylic acid groups (broad SMARTS) is 1. The first-order chi connectivity index (χ1) is 10.2. The molecule has 0 saturated carbocycles. The average molecular weight is 280 g/mol. The van der Waals surface area contributed by atoms with Crippen molar-refractivity contribution in [1.82, 2.24) is 0 Å². The van der Waals surface area contributed by atoms with Crippen LogP contribution in [0.2, 0.25) is 0 Å². The minimum atomic E-state index is -1.22. The Morgan fingerprint density at radius 1 is 1.00 bits per heavy atom. The zero-order valence-corrected chi connectivity index (χ0v) is 10.6. The molecule has 0 amide bonds. The molecule has 1 N–H and O–H groups in total. The Hall–Kier alpha value is -3.08. The van der Waals surface area contributed by atoms with Gasteiger partial charge in [0.2, 0.25) is 0 Å². The Morgan fingerprint density at radius 3 is 2.62 bits per heavy atom. The molecule has 0 atom stereocenters. The first-order valence-corrected chi connectivity index (χ1v) is 6.26. The van der Waals surface area contributed by atoms with E-state index in [1.54, 1.807) is 6.07 Å². The maximum absolute atomic E-state index is 12.1. The molecule has 0 aliphatic carbocycles. The molecule has 5 heteroatoms. The van der Waals surface area contributed by atoms with Gasteiger partial charge in [-0.3, -0.25) is 0 Å². The highest BCUT2D eigenvalue weighted by Gasteiger charge is 2.20. The molecule has 0 fully saturated rings. The number of benzene rings is 2. The summed E-state index contributed by atoms with van der Waals surface area (Å²) in [7, 11) is 0. The number of hydrogen-bond acceptors (Lipinski definition) is 4. The number of fused-ring (bicyclic) bond motifs is 5. The van der Waals surface area contributed by atoms with Crippen LogP contribution in [0, 0.1) is 0 Å². The summed E-state index contributed by atoms with van der Waals surface area (Å²) in [6.45, 7) is 0. The Bertz CT molecular complexity index is 1080. The highest BCUT2D eigenvalue weighted by molar-refractivity contribution is 6.15. The number of hydrogen-bond donors (Lipinski definition) is 1. The fraction of sp³-hybridized carbons (Fsp3) is 0. The number of carboxylic acids is 1. The lowest BCUT2D eigenvalue weighted by Crippen LogP contribution is -2.04. The van der Waals surface area contributed by atoms with E-state index in [0.29, 0.717) is 11.0 Å². The van der Waals surface area contributed by atoms with Gasteiger partial charge < -0.3 is 13.9 Å². The van der Waals surface area contributed by atoms with E-state index < -0.39 is 11.6 Å². The lowest BCUT2D eigenvalue weighted by Gasteiger charge is -2.02. The van der Waals surface area contributed by atoms with E-state index in [1.807, 2.05) is 30.3 Å². The average Bonchev–Trinajstić information content (AvgIpc) is 2.93. The monoisotopic (exact) mass is 280 g/mol. The van der Waals surface area contributed by atoms with Crippen LogP contribution in [-0.4, -0.2) is 11.1 Å². The van der Waals surface area contributed by atoms with Crippen molar-refractivity contribution in [2.45, 2.75) is 0 Å². The molecule has 2 heterocycles. The summed E-state index contributed by atoms with van der Waals surface area (Å²) in [5.41, 5.74) is -0.255. The number of furan rings is 1. The smallest absolute Gasteiger partial charge is 0.348 e. The van der Waals surface area contributed by atoms with Crippen LogP contribution in [-0.2, 0) is 0 Å². The first kappa shape index (κ1) is 11.7. The normalized spacial score (nSPS) is 11.4. The lowest BCUT2D eigenvalue weighted by atomic mass is 10.1. The van der Waals surface area contributed by atoms with Crippen molar-refractivity contribution >= 4 is 38.7 Å². The van der Waals surface area contributed by atoms with Gasteiger partial charge in [0.1, 0.15) is 22.8 Å². The maximum atomic E-state index is 12.1. The standard InChI is InChI=1S/C16H8O5/c17-15(18)11-7-20-14-10-6-5-8-3-1-2-4-9(8)13(10)21-16(19)12(11)14/h1-7H,(H,17,18). The molecule has 4 aromatic rings. The third kappa shape index (κ3) is 1.51. The topological polar surface area (TPSA) is 80.6 Å². The van der Waals surface area contributed by atoms with Crippen molar-refractivity contribution < 1.29 is 18.7 Å². The van der Waals surface area contributed by atoms with Gasteiger partial charge in [-0.1, -0.05) is 30.3 Å². The minimum absolute atomic E-state index is 0.0368. The van der Waals surface area contributed by atoms with Crippen LogP contribution in [0.15, 0.2) is 56.3 Å². The summed E-state index contributed by atoms with van der Waals surface area (Å²) in [5.74, 6) is -1.22. The number of rotatable bonds is 1. The van der Waals surface area contributed by atoms with Crippen LogP contribution >= 0.6 is 0 Å². The fourth-order valence-electron chi connectivity index (χ4n) is 2.59. The molecule has 2 aromatic carbocycles. The molecular formula is C16H8O5. The molecule has 5 nitrogen and oxygen atoms in total.